The molecular weight excluding hydrogens is 356 g/mol. The van der Waals surface area contributed by atoms with Gasteiger partial charge in [-0.25, -0.2) is 0 Å². The average Bonchev–Trinajstić information content (AvgIpc) is 2.48. The molecule has 0 aromatic heterocycles. The molecule has 0 aliphatic carbocycles. The van der Waals surface area contributed by atoms with Gasteiger partial charge in [-0.15, -0.1) is 0 Å². The van der Waals surface area contributed by atoms with Gasteiger partial charge in [-0.2, -0.15) is 0 Å². The highest BCUT2D eigenvalue weighted by Crippen LogP contribution is 2.36. The largest absolute Gasteiger partial charge is 0.493 e. The number of halogens is 2. The fraction of sp³-hybridized carbons (Fsp3) is 0.188. The van der Waals surface area contributed by atoms with Gasteiger partial charge in [-0.05, 0) is 23.8 Å². The van der Waals surface area contributed by atoms with E-state index in [-0.39, 0.29) is 12.2 Å². The van der Waals surface area contributed by atoms with Gasteiger partial charge in [-0.1, -0.05) is 45.7 Å². The highest BCUT2D eigenvalue weighted by atomic mass is 79.9. The van der Waals surface area contributed by atoms with E-state index in [0.29, 0.717) is 22.1 Å². The number of methoxy groups -OCH3 is 2. The lowest BCUT2D eigenvalue weighted by Gasteiger charge is -2.11. The first-order valence-electron chi connectivity index (χ1n) is 6.25. The molecule has 0 aliphatic heterocycles. The van der Waals surface area contributed by atoms with E-state index in [0.717, 1.165) is 10.0 Å². The quantitative estimate of drug-likeness (QED) is 0.726. The molecule has 2 aromatic rings. The van der Waals surface area contributed by atoms with Crippen molar-refractivity contribution in [2.75, 3.05) is 14.2 Å². The van der Waals surface area contributed by atoms with Gasteiger partial charge < -0.3 is 9.47 Å². The van der Waals surface area contributed by atoms with E-state index in [1.54, 1.807) is 12.1 Å². The predicted molar refractivity (Wildman–Crippen MR) is 86.7 cm³/mol. The van der Waals surface area contributed by atoms with Gasteiger partial charge in [0.2, 0.25) is 0 Å². The maximum absolute atomic E-state index is 12.4. The third-order valence-electron chi connectivity index (χ3n) is 3.06. The molecular formula is C16H14BrClO3. The lowest BCUT2D eigenvalue weighted by atomic mass is 10.0. The zero-order valence-corrected chi connectivity index (χ0v) is 14.0. The van der Waals surface area contributed by atoms with E-state index in [9.17, 15) is 4.79 Å². The van der Waals surface area contributed by atoms with Gasteiger partial charge in [0.15, 0.2) is 17.3 Å². The monoisotopic (exact) mass is 368 g/mol. The smallest absolute Gasteiger partial charge is 0.179 e. The van der Waals surface area contributed by atoms with Crippen LogP contribution in [0.25, 0.3) is 0 Å². The molecule has 3 nitrogen and oxygen atoms in total. The number of hydrogen-bond acceptors (Lipinski definition) is 3. The molecule has 0 heterocycles. The van der Waals surface area contributed by atoms with E-state index in [1.165, 1.54) is 14.2 Å². The number of rotatable bonds is 5. The van der Waals surface area contributed by atoms with Crippen LogP contribution in [0.3, 0.4) is 0 Å². The number of Topliss-reactive ketones (excluding diaryl/α,β-unsaturated/α-hetero) is 1. The molecule has 5 heteroatoms. The topological polar surface area (TPSA) is 35.5 Å². The molecule has 0 unspecified atom stereocenters. The molecule has 2 rings (SSSR count). The highest BCUT2D eigenvalue weighted by Gasteiger charge is 2.16. The summed E-state index contributed by atoms with van der Waals surface area (Å²) in [6.45, 7) is 0. The summed E-state index contributed by atoms with van der Waals surface area (Å²) in [7, 11) is 3.02. The second-order valence-electron chi connectivity index (χ2n) is 4.38. The number of hydrogen-bond donors (Lipinski definition) is 0. The van der Waals surface area contributed by atoms with Crippen LogP contribution in [0.15, 0.2) is 40.9 Å². The lowest BCUT2D eigenvalue weighted by molar-refractivity contribution is 0.0992. The Kier molecular flexibility index (Phi) is 5.26. The SMILES string of the molecule is COc1cc(C(=O)Cc2ccccc2Br)cc(Cl)c1OC. The second kappa shape index (κ2) is 6.96. The van der Waals surface area contributed by atoms with Crippen molar-refractivity contribution in [1.29, 1.82) is 0 Å². The molecule has 0 spiro atoms. The Labute approximate surface area is 137 Å². The molecule has 0 atom stereocenters. The van der Waals surface area contributed by atoms with Crippen LogP contribution in [0, 0.1) is 0 Å². The molecule has 2 aromatic carbocycles. The first-order valence-corrected chi connectivity index (χ1v) is 7.42. The van der Waals surface area contributed by atoms with Crippen molar-refractivity contribution in [2.24, 2.45) is 0 Å². The van der Waals surface area contributed by atoms with Crippen molar-refractivity contribution in [1.82, 2.24) is 0 Å². The summed E-state index contributed by atoms with van der Waals surface area (Å²) in [4.78, 5) is 12.4. The van der Waals surface area contributed by atoms with Crippen LogP contribution < -0.4 is 9.47 Å². The Morgan fingerprint density at radius 3 is 2.52 bits per heavy atom. The summed E-state index contributed by atoms with van der Waals surface area (Å²) < 4.78 is 11.3. The van der Waals surface area contributed by atoms with Crippen molar-refractivity contribution in [2.45, 2.75) is 6.42 Å². The standard InChI is InChI=1S/C16H14BrClO3/c1-20-15-9-11(7-13(18)16(15)21-2)14(19)8-10-5-3-4-6-12(10)17/h3-7,9H,8H2,1-2H3. The van der Waals surface area contributed by atoms with Gasteiger partial charge in [0.25, 0.3) is 0 Å². The Balaban J connectivity index is 2.32. The zero-order chi connectivity index (χ0) is 15.4. The molecule has 0 saturated carbocycles. The van der Waals surface area contributed by atoms with Crippen LogP contribution in [0.4, 0.5) is 0 Å². The number of ether oxygens (including phenoxy) is 2. The summed E-state index contributed by atoms with van der Waals surface area (Å²) in [6, 6.07) is 10.9. The van der Waals surface area contributed by atoms with Gasteiger partial charge in [0.05, 0.1) is 19.2 Å². The van der Waals surface area contributed by atoms with Crippen LogP contribution in [-0.4, -0.2) is 20.0 Å². The van der Waals surface area contributed by atoms with Crippen molar-refractivity contribution >= 4 is 33.3 Å². The minimum atomic E-state index is -0.0373. The van der Waals surface area contributed by atoms with Gasteiger partial charge in [-0.3, -0.25) is 4.79 Å². The maximum atomic E-state index is 12.4. The van der Waals surface area contributed by atoms with Crippen molar-refractivity contribution < 1.29 is 14.3 Å². The predicted octanol–water partition coefficient (Wildman–Crippen LogP) is 4.55. The number of carbonyl (C=O) groups is 1. The summed E-state index contributed by atoms with van der Waals surface area (Å²) >= 11 is 9.57. The minimum Gasteiger partial charge on any atom is -0.493 e. The molecule has 0 N–H and O–H groups in total. The Morgan fingerprint density at radius 2 is 1.90 bits per heavy atom. The third-order valence-corrected chi connectivity index (χ3v) is 4.12. The second-order valence-corrected chi connectivity index (χ2v) is 5.65. The molecule has 0 radical (unpaired) electrons. The van der Waals surface area contributed by atoms with Gasteiger partial charge in [0.1, 0.15) is 0 Å². The van der Waals surface area contributed by atoms with Crippen molar-refractivity contribution in [3.63, 3.8) is 0 Å². The molecule has 0 fully saturated rings. The normalized spacial score (nSPS) is 10.3. The molecule has 0 bridgehead atoms. The van der Waals surface area contributed by atoms with Gasteiger partial charge in [0, 0.05) is 16.5 Å². The van der Waals surface area contributed by atoms with E-state index < -0.39 is 0 Å². The number of ketones is 1. The fourth-order valence-electron chi connectivity index (χ4n) is 2.00. The first-order chi connectivity index (χ1) is 10.1. The zero-order valence-electron chi connectivity index (χ0n) is 11.7. The average molecular weight is 370 g/mol. The summed E-state index contributed by atoms with van der Waals surface area (Å²) in [5.74, 6) is 0.835. The number of carbonyl (C=O) groups excluding carboxylic acids is 1. The van der Waals surface area contributed by atoms with Crippen molar-refractivity contribution in [3.05, 3.63) is 57.0 Å². The Morgan fingerprint density at radius 1 is 1.19 bits per heavy atom. The Hall–Kier alpha value is -1.52. The molecule has 110 valence electrons. The maximum Gasteiger partial charge on any atom is 0.179 e. The fourth-order valence-corrected chi connectivity index (χ4v) is 2.71. The molecule has 0 saturated heterocycles. The van der Waals surface area contributed by atoms with E-state index in [4.69, 9.17) is 21.1 Å². The molecule has 0 amide bonds. The van der Waals surface area contributed by atoms with Crippen LogP contribution >= 0.6 is 27.5 Å². The summed E-state index contributed by atoms with van der Waals surface area (Å²) in [6.07, 6.45) is 0.285. The molecule has 21 heavy (non-hydrogen) atoms. The van der Waals surface area contributed by atoms with Crippen LogP contribution in [0.2, 0.25) is 5.02 Å². The van der Waals surface area contributed by atoms with Crippen LogP contribution in [0.1, 0.15) is 15.9 Å². The minimum absolute atomic E-state index is 0.0373. The van der Waals surface area contributed by atoms with Crippen molar-refractivity contribution in [3.8, 4) is 11.5 Å². The first kappa shape index (κ1) is 15.9. The number of benzene rings is 2. The summed E-state index contributed by atoms with van der Waals surface area (Å²) in [5.41, 5.74) is 1.42. The molecule has 0 aliphatic rings. The summed E-state index contributed by atoms with van der Waals surface area (Å²) in [5, 5.41) is 0.354. The lowest BCUT2D eigenvalue weighted by Crippen LogP contribution is -2.05. The van der Waals surface area contributed by atoms with Gasteiger partial charge >= 0.3 is 0 Å². The van der Waals surface area contributed by atoms with Crippen LogP contribution in [-0.2, 0) is 6.42 Å². The van der Waals surface area contributed by atoms with E-state index in [1.807, 2.05) is 24.3 Å². The Bertz CT molecular complexity index is 671. The third kappa shape index (κ3) is 3.57. The van der Waals surface area contributed by atoms with E-state index in [2.05, 4.69) is 15.9 Å². The van der Waals surface area contributed by atoms with E-state index >= 15 is 0 Å². The highest BCUT2D eigenvalue weighted by molar-refractivity contribution is 9.10. The van der Waals surface area contributed by atoms with Crippen LogP contribution in [0.5, 0.6) is 11.5 Å².